The van der Waals surface area contributed by atoms with Crippen molar-refractivity contribution in [2.45, 2.75) is 6.04 Å². The fraction of sp³-hybridized carbons (Fsp3) is 0.190. The highest BCUT2D eigenvalue weighted by Gasteiger charge is 2.18. The Morgan fingerprint density at radius 2 is 1.77 bits per heavy atom. The number of benzene rings is 2. The van der Waals surface area contributed by atoms with Gasteiger partial charge in [0.15, 0.2) is 0 Å². The van der Waals surface area contributed by atoms with Crippen LogP contribution in [0.15, 0.2) is 72.1 Å². The maximum absolute atomic E-state index is 12.7. The Morgan fingerprint density at radius 3 is 2.46 bits per heavy atom. The molecule has 0 saturated heterocycles. The van der Waals surface area contributed by atoms with E-state index >= 15 is 0 Å². The topological polar surface area (TPSA) is 41.6 Å². The zero-order chi connectivity index (χ0) is 18.4. The lowest BCUT2D eigenvalue weighted by Crippen LogP contribution is -2.34. The van der Waals surface area contributed by atoms with Gasteiger partial charge in [-0.05, 0) is 49.8 Å². The van der Waals surface area contributed by atoms with Gasteiger partial charge in [0.2, 0.25) is 0 Å². The molecular formula is C21H22N2O2S. The van der Waals surface area contributed by atoms with E-state index in [2.05, 4.69) is 21.7 Å². The van der Waals surface area contributed by atoms with Crippen molar-refractivity contribution >= 4 is 17.2 Å². The largest absolute Gasteiger partial charge is 0.457 e. The van der Waals surface area contributed by atoms with E-state index in [1.54, 1.807) is 17.4 Å². The molecule has 134 valence electrons. The zero-order valence-electron chi connectivity index (χ0n) is 14.9. The lowest BCUT2D eigenvalue weighted by atomic mass is 10.1. The SMILES string of the molecule is CN(C)C(CNC(=O)c1ccccc1Oc1ccccc1)c1cccs1. The molecule has 0 fully saturated rings. The fourth-order valence-electron chi connectivity index (χ4n) is 2.66. The quantitative estimate of drug-likeness (QED) is 0.666. The van der Waals surface area contributed by atoms with Crippen LogP contribution in [0.4, 0.5) is 0 Å². The van der Waals surface area contributed by atoms with Crippen molar-refractivity contribution in [3.05, 3.63) is 82.6 Å². The number of carbonyl (C=O) groups is 1. The van der Waals surface area contributed by atoms with E-state index in [4.69, 9.17) is 4.74 Å². The summed E-state index contributed by atoms with van der Waals surface area (Å²) in [6, 6.07) is 21.0. The third kappa shape index (κ3) is 4.50. The molecule has 0 aliphatic heterocycles. The number of ether oxygens (including phenoxy) is 1. The number of nitrogens with zero attached hydrogens (tertiary/aromatic N) is 1. The molecule has 1 unspecified atom stereocenters. The molecule has 26 heavy (non-hydrogen) atoms. The average Bonchev–Trinajstić information content (AvgIpc) is 3.17. The minimum atomic E-state index is -0.139. The number of hydrogen-bond acceptors (Lipinski definition) is 4. The van der Waals surface area contributed by atoms with Crippen LogP contribution >= 0.6 is 11.3 Å². The molecule has 0 aliphatic rings. The van der Waals surface area contributed by atoms with Crippen LogP contribution in [0.3, 0.4) is 0 Å². The van der Waals surface area contributed by atoms with Gasteiger partial charge < -0.3 is 15.0 Å². The van der Waals surface area contributed by atoms with E-state index in [1.807, 2.05) is 68.7 Å². The first-order valence-electron chi connectivity index (χ1n) is 8.45. The van der Waals surface area contributed by atoms with E-state index in [-0.39, 0.29) is 11.9 Å². The second-order valence-corrected chi connectivity index (χ2v) is 7.10. The van der Waals surface area contributed by atoms with E-state index in [9.17, 15) is 4.79 Å². The molecule has 4 nitrogen and oxygen atoms in total. The minimum absolute atomic E-state index is 0.139. The molecule has 2 aromatic carbocycles. The summed E-state index contributed by atoms with van der Waals surface area (Å²) in [5, 5.41) is 5.09. The van der Waals surface area contributed by atoms with Gasteiger partial charge >= 0.3 is 0 Å². The predicted molar refractivity (Wildman–Crippen MR) is 106 cm³/mol. The number of carbonyl (C=O) groups excluding carboxylic acids is 1. The summed E-state index contributed by atoms with van der Waals surface area (Å²) in [6.07, 6.45) is 0. The van der Waals surface area contributed by atoms with Crippen molar-refractivity contribution < 1.29 is 9.53 Å². The van der Waals surface area contributed by atoms with Gasteiger partial charge in [0.1, 0.15) is 11.5 Å². The standard InChI is InChI=1S/C21H22N2O2S/c1-23(2)18(20-13-8-14-26-20)15-22-21(24)17-11-6-7-12-19(17)25-16-9-4-3-5-10-16/h3-14,18H,15H2,1-2H3,(H,22,24). The lowest BCUT2D eigenvalue weighted by molar-refractivity contribution is 0.0940. The summed E-state index contributed by atoms with van der Waals surface area (Å²) in [7, 11) is 4.03. The van der Waals surface area contributed by atoms with Crippen LogP contribution in [0.25, 0.3) is 0 Å². The van der Waals surface area contributed by atoms with Crippen molar-refractivity contribution in [2.24, 2.45) is 0 Å². The highest BCUT2D eigenvalue weighted by molar-refractivity contribution is 7.10. The minimum Gasteiger partial charge on any atom is -0.457 e. The smallest absolute Gasteiger partial charge is 0.255 e. The van der Waals surface area contributed by atoms with Gasteiger partial charge in [-0.15, -0.1) is 11.3 Å². The molecular weight excluding hydrogens is 344 g/mol. The summed E-state index contributed by atoms with van der Waals surface area (Å²) >= 11 is 1.69. The summed E-state index contributed by atoms with van der Waals surface area (Å²) in [5.74, 6) is 1.12. The zero-order valence-corrected chi connectivity index (χ0v) is 15.7. The first kappa shape index (κ1) is 18.2. The second kappa shape index (κ2) is 8.65. The highest BCUT2D eigenvalue weighted by atomic mass is 32.1. The first-order valence-corrected chi connectivity index (χ1v) is 9.33. The molecule has 0 radical (unpaired) electrons. The molecule has 5 heteroatoms. The Bertz CT molecular complexity index is 832. The van der Waals surface area contributed by atoms with Crippen LogP contribution in [-0.2, 0) is 0 Å². The Labute approximate surface area is 158 Å². The lowest BCUT2D eigenvalue weighted by Gasteiger charge is -2.23. The van der Waals surface area contributed by atoms with Gasteiger partial charge in [-0.2, -0.15) is 0 Å². The number of para-hydroxylation sites is 2. The van der Waals surface area contributed by atoms with Crippen LogP contribution in [0.1, 0.15) is 21.3 Å². The summed E-state index contributed by atoms with van der Waals surface area (Å²) in [5.41, 5.74) is 0.528. The van der Waals surface area contributed by atoms with E-state index in [1.165, 1.54) is 4.88 Å². The van der Waals surface area contributed by atoms with Crippen LogP contribution in [0.2, 0.25) is 0 Å². The number of thiophene rings is 1. The molecule has 0 spiro atoms. The Kier molecular flexibility index (Phi) is 6.04. The fourth-order valence-corrected chi connectivity index (χ4v) is 3.58. The molecule has 1 heterocycles. The van der Waals surface area contributed by atoms with Crippen LogP contribution in [-0.4, -0.2) is 31.4 Å². The second-order valence-electron chi connectivity index (χ2n) is 6.12. The van der Waals surface area contributed by atoms with Gasteiger partial charge in [-0.25, -0.2) is 0 Å². The van der Waals surface area contributed by atoms with Crippen molar-refractivity contribution in [3.8, 4) is 11.5 Å². The maximum atomic E-state index is 12.7. The Balaban J connectivity index is 1.72. The number of nitrogens with one attached hydrogen (secondary N) is 1. The Hall–Kier alpha value is -2.63. The highest BCUT2D eigenvalue weighted by Crippen LogP contribution is 2.26. The molecule has 0 bridgehead atoms. The third-order valence-corrected chi connectivity index (χ3v) is 5.03. The number of amides is 1. The third-order valence-electron chi connectivity index (χ3n) is 4.05. The Morgan fingerprint density at radius 1 is 1.04 bits per heavy atom. The molecule has 0 aliphatic carbocycles. The van der Waals surface area contributed by atoms with Crippen LogP contribution < -0.4 is 10.1 Å². The van der Waals surface area contributed by atoms with Crippen LogP contribution in [0.5, 0.6) is 11.5 Å². The molecule has 1 atom stereocenters. The summed E-state index contributed by atoms with van der Waals surface area (Å²) < 4.78 is 5.89. The van der Waals surface area contributed by atoms with E-state index in [0.29, 0.717) is 23.6 Å². The molecule has 1 N–H and O–H groups in total. The summed E-state index contributed by atoms with van der Waals surface area (Å²) in [4.78, 5) is 16.1. The molecule has 0 saturated carbocycles. The van der Waals surface area contributed by atoms with Gasteiger partial charge in [-0.3, -0.25) is 4.79 Å². The predicted octanol–water partition coefficient (Wildman–Crippen LogP) is 4.57. The van der Waals surface area contributed by atoms with E-state index < -0.39 is 0 Å². The van der Waals surface area contributed by atoms with Crippen molar-refractivity contribution in [3.63, 3.8) is 0 Å². The van der Waals surface area contributed by atoms with Gasteiger partial charge in [0, 0.05) is 11.4 Å². The molecule has 1 aromatic heterocycles. The van der Waals surface area contributed by atoms with Crippen molar-refractivity contribution in [1.29, 1.82) is 0 Å². The molecule has 3 aromatic rings. The molecule has 3 rings (SSSR count). The van der Waals surface area contributed by atoms with Crippen molar-refractivity contribution in [2.75, 3.05) is 20.6 Å². The maximum Gasteiger partial charge on any atom is 0.255 e. The van der Waals surface area contributed by atoms with E-state index in [0.717, 1.165) is 0 Å². The van der Waals surface area contributed by atoms with Crippen molar-refractivity contribution in [1.82, 2.24) is 10.2 Å². The monoisotopic (exact) mass is 366 g/mol. The summed E-state index contributed by atoms with van der Waals surface area (Å²) in [6.45, 7) is 0.534. The first-order chi connectivity index (χ1) is 12.6. The normalized spacial score (nSPS) is 12.0. The van der Waals surface area contributed by atoms with Gasteiger partial charge in [-0.1, -0.05) is 36.4 Å². The van der Waals surface area contributed by atoms with Crippen LogP contribution in [0, 0.1) is 0 Å². The van der Waals surface area contributed by atoms with Gasteiger partial charge in [0.25, 0.3) is 5.91 Å². The van der Waals surface area contributed by atoms with Gasteiger partial charge in [0.05, 0.1) is 11.6 Å². The number of hydrogen-bond donors (Lipinski definition) is 1. The number of rotatable bonds is 7. The number of likely N-dealkylation sites (N-methyl/N-ethyl adjacent to an activating group) is 1. The average molecular weight is 366 g/mol. The molecule has 1 amide bonds.